The number of carbonyl (C=O) groups is 1. The molecule has 2 aromatic heterocycles. The van der Waals surface area contributed by atoms with Crippen molar-refractivity contribution in [3.05, 3.63) is 34.3 Å². The number of aromatic nitrogens is 3. The second-order valence-electron chi connectivity index (χ2n) is 7.45. The Morgan fingerprint density at radius 1 is 1.23 bits per heavy atom. The predicted molar refractivity (Wildman–Crippen MR) is 97.7 cm³/mol. The maximum atomic E-state index is 12.9. The van der Waals surface area contributed by atoms with Gasteiger partial charge in [-0.15, -0.1) is 11.3 Å². The fourth-order valence-electron chi connectivity index (χ4n) is 3.57. The summed E-state index contributed by atoms with van der Waals surface area (Å²) in [4.78, 5) is 23.9. The molecular formula is C18H18F4N4O3S. The van der Waals surface area contributed by atoms with Crippen LogP contribution in [0, 0.1) is 11.7 Å². The van der Waals surface area contributed by atoms with E-state index in [1.807, 2.05) is 0 Å². The molecule has 0 aromatic carbocycles. The monoisotopic (exact) mass is 446 g/mol. The predicted octanol–water partition coefficient (Wildman–Crippen LogP) is 3.55. The number of rotatable bonds is 3. The van der Waals surface area contributed by atoms with E-state index >= 15 is 0 Å². The molecule has 1 N–H and O–H groups in total. The number of hydrogen-bond donors (Lipinski definition) is 1. The summed E-state index contributed by atoms with van der Waals surface area (Å²) in [5, 5.41) is 10.5. The zero-order valence-corrected chi connectivity index (χ0v) is 16.4. The Balaban J connectivity index is 0.000000272. The topological polar surface area (TPSA) is 88.4 Å². The molecule has 0 amide bonds. The van der Waals surface area contributed by atoms with Gasteiger partial charge < -0.3 is 14.7 Å². The van der Waals surface area contributed by atoms with Crippen LogP contribution in [0.25, 0.3) is 0 Å². The molecule has 12 heteroatoms. The van der Waals surface area contributed by atoms with Crippen LogP contribution in [0.5, 0.6) is 0 Å². The third kappa shape index (κ3) is 4.69. The summed E-state index contributed by atoms with van der Waals surface area (Å²) in [6, 6.07) is 0. The summed E-state index contributed by atoms with van der Waals surface area (Å²) in [7, 11) is 0. The number of anilines is 1. The van der Waals surface area contributed by atoms with Crippen molar-refractivity contribution >= 4 is 23.3 Å². The largest absolute Gasteiger partial charge is 0.490 e. The van der Waals surface area contributed by atoms with Crippen LogP contribution in [0.3, 0.4) is 0 Å². The molecule has 7 nitrogen and oxygen atoms in total. The number of nitrogens with zero attached hydrogens (tertiary/aromatic N) is 4. The molecule has 30 heavy (non-hydrogen) atoms. The highest BCUT2D eigenvalue weighted by Crippen LogP contribution is 2.45. The minimum Gasteiger partial charge on any atom is -0.475 e. The first-order valence-electron chi connectivity index (χ1n) is 9.34. The van der Waals surface area contributed by atoms with Crippen LogP contribution in [0.15, 0.2) is 17.8 Å². The summed E-state index contributed by atoms with van der Waals surface area (Å²) in [5.41, 5.74) is 1.26. The van der Waals surface area contributed by atoms with Crippen molar-refractivity contribution in [2.24, 2.45) is 5.92 Å². The van der Waals surface area contributed by atoms with E-state index in [2.05, 4.69) is 20.2 Å². The lowest BCUT2D eigenvalue weighted by atomic mass is 10.0. The van der Waals surface area contributed by atoms with Crippen molar-refractivity contribution in [3.63, 3.8) is 0 Å². The highest BCUT2D eigenvalue weighted by atomic mass is 32.1. The number of thiazole rings is 1. The molecule has 3 aliphatic rings. The van der Waals surface area contributed by atoms with Crippen molar-refractivity contribution < 1.29 is 32.2 Å². The zero-order valence-electron chi connectivity index (χ0n) is 15.5. The minimum atomic E-state index is -5.08. The Morgan fingerprint density at radius 3 is 2.47 bits per heavy atom. The Morgan fingerprint density at radius 2 is 1.90 bits per heavy atom. The number of carboxylic acid groups (broad SMARTS) is 1. The van der Waals surface area contributed by atoms with Crippen LogP contribution in [-0.2, 0) is 9.53 Å². The maximum absolute atomic E-state index is 12.9. The van der Waals surface area contributed by atoms with Crippen molar-refractivity contribution in [2.75, 3.05) is 18.0 Å². The third-order valence-corrected chi connectivity index (χ3v) is 6.13. The van der Waals surface area contributed by atoms with Gasteiger partial charge in [-0.05, 0) is 19.3 Å². The van der Waals surface area contributed by atoms with Crippen LogP contribution in [0.4, 0.5) is 23.5 Å². The van der Waals surface area contributed by atoms with Crippen LogP contribution in [-0.4, -0.2) is 51.4 Å². The molecule has 0 unspecified atom stereocenters. The normalized spacial score (nSPS) is 25.6. The smallest absolute Gasteiger partial charge is 0.475 e. The summed E-state index contributed by atoms with van der Waals surface area (Å²) < 4.78 is 50.9. The van der Waals surface area contributed by atoms with Crippen LogP contribution < -0.4 is 4.90 Å². The van der Waals surface area contributed by atoms with Gasteiger partial charge in [-0.1, -0.05) is 0 Å². The van der Waals surface area contributed by atoms with E-state index in [-0.39, 0.29) is 12.2 Å². The average Bonchev–Trinajstić information content (AvgIpc) is 3.10. The Kier molecular flexibility index (Phi) is 5.62. The van der Waals surface area contributed by atoms with Crippen molar-refractivity contribution in [1.82, 2.24) is 15.0 Å². The molecule has 0 radical (unpaired) electrons. The summed E-state index contributed by atoms with van der Waals surface area (Å²) in [6.07, 6.45) is 1.25. The number of alkyl halides is 3. The average molecular weight is 446 g/mol. The first-order valence-corrected chi connectivity index (χ1v) is 10.2. The molecule has 2 saturated heterocycles. The fraction of sp³-hybridized carbons (Fsp3) is 0.556. The van der Waals surface area contributed by atoms with Crippen molar-refractivity contribution in [1.29, 1.82) is 0 Å². The highest BCUT2D eigenvalue weighted by molar-refractivity contribution is 7.09. The molecular weight excluding hydrogens is 428 g/mol. The minimum absolute atomic E-state index is 0.138. The van der Waals surface area contributed by atoms with Gasteiger partial charge in [-0.25, -0.2) is 24.1 Å². The first-order chi connectivity index (χ1) is 14.2. The molecule has 5 rings (SSSR count). The number of hydrogen-bond acceptors (Lipinski definition) is 7. The SMILES string of the molecule is Fc1cnc(N2C[C@@H]3C[C@@H](c4nc(C5CC5)cs4)O[C@@H]3C2)nc1.O=C(O)C(F)(F)F. The van der Waals surface area contributed by atoms with Crippen molar-refractivity contribution in [2.45, 2.75) is 43.6 Å². The summed E-state index contributed by atoms with van der Waals surface area (Å²) in [6.45, 7) is 1.64. The Bertz CT molecular complexity index is 890. The molecule has 2 aromatic rings. The third-order valence-electron chi connectivity index (χ3n) is 5.18. The van der Waals surface area contributed by atoms with Gasteiger partial charge in [0.25, 0.3) is 0 Å². The van der Waals surface area contributed by atoms with E-state index in [0.29, 0.717) is 17.8 Å². The number of aliphatic carboxylic acids is 1. The molecule has 4 heterocycles. The van der Waals surface area contributed by atoms with Gasteiger partial charge in [0.2, 0.25) is 5.95 Å². The lowest BCUT2D eigenvalue weighted by molar-refractivity contribution is -0.192. The van der Waals surface area contributed by atoms with Gasteiger partial charge in [0.05, 0.1) is 24.2 Å². The van der Waals surface area contributed by atoms with E-state index < -0.39 is 18.0 Å². The van der Waals surface area contributed by atoms with Gasteiger partial charge in [-0.2, -0.15) is 13.2 Å². The lowest BCUT2D eigenvalue weighted by Gasteiger charge is -2.18. The molecule has 3 fully saturated rings. The van der Waals surface area contributed by atoms with Gasteiger partial charge in [0, 0.05) is 30.3 Å². The Hall–Kier alpha value is -2.34. The number of fused-ring (bicyclic) bond motifs is 1. The zero-order chi connectivity index (χ0) is 21.5. The van der Waals surface area contributed by atoms with E-state index in [1.54, 1.807) is 11.3 Å². The van der Waals surface area contributed by atoms with Gasteiger partial charge in [0.1, 0.15) is 11.1 Å². The quantitative estimate of drug-likeness (QED) is 0.722. The molecule has 2 aliphatic heterocycles. The second-order valence-corrected chi connectivity index (χ2v) is 8.34. The van der Waals surface area contributed by atoms with Crippen LogP contribution in [0.2, 0.25) is 0 Å². The van der Waals surface area contributed by atoms with E-state index in [4.69, 9.17) is 19.6 Å². The molecule has 0 spiro atoms. The maximum Gasteiger partial charge on any atom is 0.490 e. The van der Waals surface area contributed by atoms with Gasteiger partial charge in [0.15, 0.2) is 5.82 Å². The van der Waals surface area contributed by atoms with Gasteiger partial charge in [-0.3, -0.25) is 0 Å². The summed E-state index contributed by atoms with van der Waals surface area (Å²) in [5.74, 6) is -1.40. The standard InChI is InChI=1S/C16H17FN4OS.C2HF3O2/c17-11-4-18-16(19-5-11)21-6-10-3-13(22-14(10)7-21)15-20-12(8-23-15)9-1-2-9;3-2(4,5)1(6)7/h4-5,8-10,13-14H,1-3,6-7H2;(H,6,7)/t10-,13-,14+;/m0./s1. The molecule has 0 bridgehead atoms. The summed E-state index contributed by atoms with van der Waals surface area (Å²) >= 11 is 1.74. The number of halogens is 4. The van der Waals surface area contributed by atoms with E-state index in [0.717, 1.165) is 24.5 Å². The fourth-order valence-corrected chi connectivity index (χ4v) is 4.52. The molecule has 3 atom stereocenters. The van der Waals surface area contributed by atoms with Crippen LogP contribution >= 0.6 is 11.3 Å². The van der Waals surface area contributed by atoms with E-state index in [9.17, 15) is 17.6 Å². The number of ether oxygens (including phenoxy) is 1. The second kappa shape index (κ2) is 8.06. The molecule has 1 aliphatic carbocycles. The van der Waals surface area contributed by atoms with E-state index in [1.165, 1.54) is 30.9 Å². The van der Waals surface area contributed by atoms with Gasteiger partial charge >= 0.3 is 12.1 Å². The lowest BCUT2D eigenvalue weighted by Crippen LogP contribution is -2.25. The highest BCUT2D eigenvalue weighted by Gasteiger charge is 2.44. The molecule has 1 saturated carbocycles. The van der Waals surface area contributed by atoms with Crippen molar-refractivity contribution in [3.8, 4) is 0 Å². The molecule has 162 valence electrons. The Labute approximate surface area is 172 Å². The van der Waals surface area contributed by atoms with Crippen LogP contribution in [0.1, 0.15) is 42.0 Å². The number of carboxylic acids is 1. The first kappa shape index (κ1) is 20.9.